The van der Waals surface area contributed by atoms with Crippen molar-refractivity contribution in [3.8, 4) is 17.0 Å². The molecule has 1 saturated heterocycles. The predicted molar refractivity (Wildman–Crippen MR) is 126 cm³/mol. The second-order valence-corrected chi connectivity index (χ2v) is 10.3. The maximum atomic E-state index is 12.7. The normalized spacial score (nSPS) is 14.7. The number of amides is 1. The summed E-state index contributed by atoms with van der Waals surface area (Å²) < 4.78 is 37.2. The highest BCUT2D eigenvalue weighted by molar-refractivity contribution is 7.89. The number of nitrogens with one attached hydrogen (secondary N) is 1. The summed E-state index contributed by atoms with van der Waals surface area (Å²) in [6, 6.07) is 13.7. The predicted octanol–water partition coefficient (Wildman–Crippen LogP) is 2.81. The fourth-order valence-electron chi connectivity index (χ4n) is 3.42. The van der Waals surface area contributed by atoms with E-state index in [2.05, 4.69) is 10.3 Å². The van der Waals surface area contributed by atoms with E-state index in [0.717, 1.165) is 22.0 Å². The van der Waals surface area contributed by atoms with Crippen LogP contribution in [0.25, 0.3) is 11.3 Å². The van der Waals surface area contributed by atoms with E-state index in [9.17, 15) is 13.2 Å². The number of thiazole rings is 1. The van der Waals surface area contributed by atoms with Crippen LogP contribution in [0.5, 0.6) is 5.75 Å². The molecule has 0 atom stereocenters. The highest BCUT2D eigenvalue weighted by atomic mass is 32.2. The molecule has 0 aliphatic carbocycles. The van der Waals surface area contributed by atoms with Gasteiger partial charge >= 0.3 is 0 Å². The van der Waals surface area contributed by atoms with Gasteiger partial charge in [0.05, 0.1) is 35.9 Å². The fourth-order valence-corrected chi connectivity index (χ4v) is 5.63. The third-order valence-corrected chi connectivity index (χ3v) is 8.11. The van der Waals surface area contributed by atoms with E-state index >= 15 is 0 Å². The SMILES string of the molecule is COc1ccc(-c2csc(CCNC(=O)c3ccc(S(=O)(=O)N4CCOCC4)cc3)n2)cc1. The Morgan fingerprint density at radius 1 is 1.12 bits per heavy atom. The lowest BCUT2D eigenvalue weighted by molar-refractivity contribution is 0.0730. The van der Waals surface area contributed by atoms with Crippen molar-refractivity contribution in [1.82, 2.24) is 14.6 Å². The molecule has 1 fully saturated rings. The van der Waals surface area contributed by atoms with Crippen LogP contribution in [-0.2, 0) is 21.2 Å². The molecule has 3 aromatic rings. The molecular formula is C23H25N3O5S2. The average molecular weight is 488 g/mol. The molecule has 1 N–H and O–H groups in total. The van der Waals surface area contributed by atoms with Gasteiger partial charge in [-0.3, -0.25) is 4.79 Å². The van der Waals surface area contributed by atoms with Crippen LogP contribution in [0.4, 0.5) is 0 Å². The van der Waals surface area contributed by atoms with Gasteiger partial charge in [0, 0.05) is 42.6 Å². The molecule has 0 spiro atoms. The molecule has 174 valence electrons. The van der Waals surface area contributed by atoms with Gasteiger partial charge < -0.3 is 14.8 Å². The minimum atomic E-state index is -3.57. The van der Waals surface area contributed by atoms with Crippen molar-refractivity contribution in [3.05, 3.63) is 64.5 Å². The van der Waals surface area contributed by atoms with Crippen LogP contribution in [0.1, 0.15) is 15.4 Å². The quantitative estimate of drug-likeness (QED) is 0.525. The lowest BCUT2D eigenvalue weighted by Crippen LogP contribution is -2.40. The molecule has 0 saturated carbocycles. The molecule has 2 aromatic carbocycles. The van der Waals surface area contributed by atoms with Crippen molar-refractivity contribution in [1.29, 1.82) is 0 Å². The largest absolute Gasteiger partial charge is 0.497 e. The van der Waals surface area contributed by atoms with Crippen molar-refractivity contribution >= 4 is 27.3 Å². The number of sulfonamides is 1. The molecule has 0 unspecified atom stereocenters. The van der Waals surface area contributed by atoms with Gasteiger partial charge in [0.2, 0.25) is 10.0 Å². The van der Waals surface area contributed by atoms with Crippen LogP contribution in [0.15, 0.2) is 58.8 Å². The lowest BCUT2D eigenvalue weighted by atomic mass is 10.2. The molecule has 0 bridgehead atoms. The summed E-state index contributed by atoms with van der Waals surface area (Å²) in [7, 11) is -1.94. The summed E-state index contributed by atoms with van der Waals surface area (Å²) in [5, 5.41) is 5.78. The number of rotatable bonds is 8. The standard InChI is InChI=1S/C23H25N3O5S2/c1-30-19-6-2-17(3-7-19)21-16-32-22(25-21)10-11-24-23(27)18-4-8-20(9-5-18)33(28,29)26-12-14-31-15-13-26/h2-9,16H,10-15H2,1H3,(H,24,27). The molecule has 10 heteroatoms. The highest BCUT2D eigenvalue weighted by Crippen LogP contribution is 2.24. The van der Waals surface area contributed by atoms with Crippen LogP contribution < -0.4 is 10.1 Å². The van der Waals surface area contributed by atoms with Crippen molar-refractivity contribution in [2.75, 3.05) is 40.0 Å². The zero-order valence-electron chi connectivity index (χ0n) is 18.2. The third kappa shape index (κ3) is 5.59. The van der Waals surface area contributed by atoms with E-state index in [4.69, 9.17) is 9.47 Å². The minimum absolute atomic E-state index is 0.176. The number of carbonyl (C=O) groups is 1. The van der Waals surface area contributed by atoms with Crippen LogP contribution in [0.3, 0.4) is 0 Å². The smallest absolute Gasteiger partial charge is 0.251 e. The summed E-state index contributed by atoms with van der Waals surface area (Å²) in [6.45, 7) is 1.88. The van der Waals surface area contributed by atoms with E-state index in [1.54, 1.807) is 18.4 Å². The summed E-state index contributed by atoms with van der Waals surface area (Å²) in [4.78, 5) is 17.3. The Labute approximate surface area is 197 Å². The Morgan fingerprint density at radius 3 is 2.48 bits per heavy atom. The Balaban J connectivity index is 1.30. The monoisotopic (exact) mass is 487 g/mol. The number of ether oxygens (including phenoxy) is 2. The molecule has 4 rings (SSSR count). The molecule has 2 heterocycles. The number of nitrogens with zero attached hydrogens (tertiary/aromatic N) is 2. The van der Waals surface area contributed by atoms with Crippen LogP contribution in [0.2, 0.25) is 0 Å². The molecular weight excluding hydrogens is 462 g/mol. The first-order valence-corrected chi connectivity index (χ1v) is 12.8. The Bertz CT molecular complexity index is 1190. The van der Waals surface area contributed by atoms with Crippen LogP contribution in [0, 0.1) is 0 Å². The second kappa shape index (κ2) is 10.4. The first kappa shape index (κ1) is 23.4. The average Bonchev–Trinajstić information content (AvgIpc) is 3.33. The summed E-state index contributed by atoms with van der Waals surface area (Å²) in [6.07, 6.45) is 0.607. The van der Waals surface area contributed by atoms with Gasteiger partial charge in [-0.2, -0.15) is 4.31 Å². The van der Waals surface area contributed by atoms with Crippen molar-refractivity contribution < 1.29 is 22.7 Å². The molecule has 1 aliphatic heterocycles. The van der Waals surface area contributed by atoms with E-state index < -0.39 is 10.0 Å². The second-order valence-electron chi connectivity index (χ2n) is 7.40. The minimum Gasteiger partial charge on any atom is -0.497 e. The van der Waals surface area contributed by atoms with E-state index in [1.165, 1.54) is 28.6 Å². The zero-order chi connectivity index (χ0) is 23.3. The Morgan fingerprint density at radius 2 is 1.82 bits per heavy atom. The number of carbonyl (C=O) groups excluding carboxylic acids is 1. The number of hydrogen-bond acceptors (Lipinski definition) is 7. The van der Waals surface area contributed by atoms with E-state index in [-0.39, 0.29) is 10.8 Å². The van der Waals surface area contributed by atoms with Crippen molar-refractivity contribution in [3.63, 3.8) is 0 Å². The topological polar surface area (TPSA) is 97.8 Å². The Hall–Kier alpha value is -2.79. The molecule has 8 nitrogen and oxygen atoms in total. The third-order valence-electron chi connectivity index (χ3n) is 5.29. The number of morpholine rings is 1. The highest BCUT2D eigenvalue weighted by Gasteiger charge is 2.26. The maximum absolute atomic E-state index is 12.7. The van der Waals surface area contributed by atoms with Crippen molar-refractivity contribution in [2.45, 2.75) is 11.3 Å². The van der Waals surface area contributed by atoms with Gasteiger partial charge in [-0.1, -0.05) is 0 Å². The zero-order valence-corrected chi connectivity index (χ0v) is 19.8. The van der Waals surface area contributed by atoms with Crippen molar-refractivity contribution in [2.24, 2.45) is 0 Å². The summed E-state index contributed by atoms with van der Waals surface area (Å²) in [5.74, 6) is 0.542. The molecule has 0 radical (unpaired) electrons. The first-order chi connectivity index (χ1) is 16.0. The molecule has 1 aliphatic rings. The fraction of sp³-hybridized carbons (Fsp3) is 0.304. The van der Waals surface area contributed by atoms with Crippen LogP contribution >= 0.6 is 11.3 Å². The van der Waals surface area contributed by atoms with Gasteiger partial charge in [-0.05, 0) is 48.5 Å². The van der Waals surface area contributed by atoms with Gasteiger partial charge in [-0.25, -0.2) is 13.4 Å². The molecule has 1 amide bonds. The van der Waals surface area contributed by atoms with Gasteiger partial charge in [-0.15, -0.1) is 11.3 Å². The van der Waals surface area contributed by atoms with E-state index in [0.29, 0.717) is 44.8 Å². The number of aromatic nitrogens is 1. The number of methoxy groups -OCH3 is 1. The molecule has 1 aromatic heterocycles. The number of hydrogen-bond donors (Lipinski definition) is 1. The molecule has 33 heavy (non-hydrogen) atoms. The van der Waals surface area contributed by atoms with Gasteiger partial charge in [0.25, 0.3) is 5.91 Å². The first-order valence-electron chi connectivity index (χ1n) is 10.5. The lowest BCUT2D eigenvalue weighted by Gasteiger charge is -2.26. The maximum Gasteiger partial charge on any atom is 0.251 e. The van der Waals surface area contributed by atoms with E-state index in [1.807, 2.05) is 29.6 Å². The Kier molecular flexibility index (Phi) is 7.39. The summed E-state index contributed by atoms with van der Waals surface area (Å²) in [5.41, 5.74) is 2.31. The van der Waals surface area contributed by atoms with Gasteiger partial charge in [0.15, 0.2) is 0 Å². The number of benzene rings is 2. The summed E-state index contributed by atoms with van der Waals surface area (Å²) >= 11 is 1.55. The van der Waals surface area contributed by atoms with Gasteiger partial charge in [0.1, 0.15) is 5.75 Å². The van der Waals surface area contributed by atoms with Crippen LogP contribution in [-0.4, -0.2) is 63.6 Å².